The third-order valence-electron chi connectivity index (χ3n) is 3.89. The van der Waals surface area contributed by atoms with Crippen LogP contribution in [-0.4, -0.2) is 27.0 Å². The number of thiophene rings is 1. The molecule has 1 aromatic carbocycles. The molecule has 1 aliphatic rings. The van der Waals surface area contributed by atoms with Crippen molar-refractivity contribution in [2.75, 3.05) is 18.4 Å². The second kappa shape index (κ2) is 6.51. The molecule has 7 heteroatoms. The Labute approximate surface area is 140 Å². The van der Waals surface area contributed by atoms with E-state index in [-0.39, 0.29) is 4.21 Å². The molecule has 0 amide bonds. The lowest BCUT2D eigenvalue weighted by Crippen LogP contribution is -2.17. The second-order valence-electron chi connectivity index (χ2n) is 5.54. The molecule has 2 aromatic rings. The summed E-state index contributed by atoms with van der Waals surface area (Å²) in [4.78, 5) is 2.33. The van der Waals surface area contributed by atoms with Gasteiger partial charge >= 0.3 is 0 Å². The van der Waals surface area contributed by atoms with Crippen LogP contribution in [-0.2, 0) is 23.1 Å². The van der Waals surface area contributed by atoms with Crippen molar-refractivity contribution in [3.63, 3.8) is 0 Å². The molecule has 5 nitrogen and oxygen atoms in total. The van der Waals surface area contributed by atoms with Crippen molar-refractivity contribution >= 4 is 27.0 Å². The number of rotatable bonds is 6. The van der Waals surface area contributed by atoms with Gasteiger partial charge in [0.1, 0.15) is 5.75 Å². The SMILES string of the molecule is CCCN1Cc2cccc(NS(=O)(=O)c3sccc3OC)c2C1. The molecule has 0 spiro atoms. The van der Waals surface area contributed by atoms with Gasteiger partial charge in [-0.3, -0.25) is 9.62 Å². The summed E-state index contributed by atoms with van der Waals surface area (Å²) in [5.74, 6) is 0.377. The normalized spacial score (nSPS) is 14.7. The van der Waals surface area contributed by atoms with Crippen molar-refractivity contribution in [3.05, 3.63) is 40.8 Å². The highest BCUT2D eigenvalue weighted by Gasteiger charge is 2.26. The zero-order chi connectivity index (χ0) is 16.4. The summed E-state index contributed by atoms with van der Waals surface area (Å²) < 4.78 is 33.4. The van der Waals surface area contributed by atoms with Gasteiger partial charge in [-0.2, -0.15) is 0 Å². The van der Waals surface area contributed by atoms with E-state index < -0.39 is 10.0 Å². The van der Waals surface area contributed by atoms with Crippen molar-refractivity contribution in [1.82, 2.24) is 4.90 Å². The van der Waals surface area contributed by atoms with E-state index in [9.17, 15) is 8.42 Å². The zero-order valence-corrected chi connectivity index (χ0v) is 14.8. The predicted octanol–water partition coefficient (Wildman–Crippen LogP) is 3.28. The van der Waals surface area contributed by atoms with Gasteiger partial charge in [-0.1, -0.05) is 19.1 Å². The number of fused-ring (bicyclic) bond motifs is 1. The average molecular weight is 352 g/mol. The molecule has 0 atom stereocenters. The Bertz CT molecular complexity index is 799. The smallest absolute Gasteiger partial charge is 0.275 e. The van der Waals surface area contributed by atoms with Crippen LogP contribution in [0.1, 0.15) is 24.5 Å². The molecular formula is C16H20N2O3S2. The number of anilines is 1. The maximum absolute atomic E-state index is 12.7. The minimum atomic E-state index is -3.64. The zero-order valence-electron chi connectivity index (χ0n) is 13.2. The van der Waals surface area contributed by atoms with Crippen LogP contribution >= 0.6 is 11.3 Å². The van der Waals surface area contributed by atoms with E-state index in [0.29, 0.717) is 11.4 Å². The van der Waals surface area contributed by atoms with Gasteiger partial charge in [-0.05, 0) is 41.6 Å². The van der Waals surface area contributed by atoms with Crippen molar-refractivity contribution in [3.8, 4) is 5.75 Å². The first-order valence-electron chi connectivity index (χ1n) is 7.52. The highest BCUT2D eigenvalue weighted by molar-refractivity contribution is 7.94. The van der Waals surface area contributed by atoms with Crippen LogP contribution in [0, 0.1) is 0 Å². The summed E-state index contributed by atoms with van der Waals surface area (Å²) in [6, 6.07) is 7.45. The summed E-state index contributed by atoms with van der Waals surface area (Å²) in [5, 5.41) is 1.71. The van der Waals surface area contributed by atoms with E-state index in [0.717, 1.165) is 43.0 Å². The lowest BCUT2D eigenvalue weighted by atomic mass is 10.1. The highest BCUT2D eigenvalue weighted by Crippen LogP contribution is 2.34. The molecular weight excluding hydrogens is 332 g/mol. The molecule has 1 aliphatic heterocycles. The maximum atomic E-state index is 12.7. The third kappa shape index (κ3) is 3.22. The van der Waals surface area contributed by atoms with Crippen LogP contribution in [0.3, 0.4) is 0 Å². The fourth-order valence-electron chi connectivity index (χ4n) is 2.88. The Balaban J connectivity index is 1.89. The Kier molecular flexibility index (Phi) is 4.61. The lowest BCUT2D eigenvalue weighted by molar-refractivity contribution is 0.285. The molecule has 23 heavy (non-hydrogen) atoms. The summed E-state index contributed by atoms with van der Waals surface area (Å²) in [6.45, 7) is 4.82. The Morgan fingerprint density at radius 3 is 2.87 bits per heavy atom. The van der Waals surface area contributed by atoms with E-state index in [1.165, 1.54) is 12.7 Å². The van der Waals surface area contributed by atoms with Crippen molar-refractivity contribution in [1.29, 1.82) is 0 Å². The standard InChI is InChI=1S/C16H20N2O3S2/c1-3-8-18-10-12-5-4-6-14(13(12)11-18)17-23(19,20)16-15(21-2)7-9-22-16/h4-7,9,17H,3,8,10-11H2,1-2H3. The van der Waals surface area contributed by atoms with Crippen LogP contribution in [0.15, 0.2) is 33.9 Å². The fraction of sp³-hybridized carbons (Fsp3) is 0.375. The van der Waals surface area contributed by atoms with Crippen LogP contribution in [0.25, 0.3) is 0 Å². The van der Waals surface area contributed by atoms with Gasteiger partial charge in [0, 0.05) is 13.1 Å². The van der Waals surface area contributed by atoms with Crippen LogP contribution < -0.4 is 9.46 Å². The van der Waals surface area contributed by atoms with Crippen molar-refractivity contribution in [2.24, 2.45) is 0 Å². The number of nitrogens with one attached hydrogen (secondary N) is 1. The van der Waals surface area contributed by atoms with Crippen molar-refractivity contribution in [2.45, 2.75) is 30.6 Å². The lowest BCUT2D eigenvalue weighted by Gasteiger charge is -2.13. The van der Waals surface area contributed by atoms with E-state index in [1.807, 2.05) is 12.1 Å². The number of sulfonamides is 1. The summed E-state index contributed by atoms with van der Waals surface area (Å²) in [6.07, 6.45) is 1.08. The van der Waals surface area contributed by atoms with Crippen molar-refractivity contribution < 1.29 is 13.2 Å². The van der Waals surface area contributed by atoms with Gasteiger partial charge in [0.15, 0.2) is 4.21 Å². The molecule has 0 aliphatic carbocycles. The van der Waals surface area contributed by atoms with Gasteiger partial charge < -0.3 is 4.74 Å². The molecule has 0 saturated heterocycles. The highest BCUT2D eigenvalue weighted by atomic mass is 32.2. The number of ether oxygens (including phenoxy) is 1. The number of methoxy groups -OCH3 is 1. The second-order valence-corrected chi connectivity index (χ2v) is 8.33. The van der Waals surface area contributed by atoms with Crippen LogP contribution in [0.2, 0.25) is 0 Å². The molecule has 2 heterocycles. The number of nitrogens with zero attached hydrogens (tertiary/aromatic N) is 1. The Hall–Kier alpha value is -1.57. The molecule has 124 valence electrons. The molecule has 0 saturated carbocycles. The first-order valence-corrected chi connectivity index (χ1v) is 9.89. The minimum Gasteiger partial charge on any atom is -0.494 e. The van der Waals surface area contributed by atoms with Crippen LogP contribution in [0.4, 0.5) is 5.69 Å². The van der Waals surface area contributed by atoms with E-state index in [1.54, 1.807) is 11.4 Å². The first kappa shape index (κ1) is 16.3. The minimum absolute atomic E-state index is 0.209. The molecule has 0 fully saturated rings. The van der Waals surface area contributed by atoms with Gasteiger partial charge in [-0.15, -0.1) is 11.3 Å². The number of hydrogen-bond donors (Lipinski definition) is 1. The third-order valence-corrected chi connectivity index (χ3v) is 6.70. The molecule has 1 aromatic heterocycles. The van der Waals surface area contributed by atoms with Crippen LogP contribution in [0.5, 0.6) is 5.75 Å². The monoisotopic (exact) mass is 352 g/mol. The molecule has 0 bridgehead atoms. The average Bonchev–Trinajstić information content (AvgIpc) is 3.13. The summed E-state index contributed by atoms with van der Waals surface area (Å²) in [7, 11) is -2.16. The van der Waals surface area contributed by atoms with Gasteiger partial charge in [0.2, 0.25) is 0 Å². The molecule has 1 N–H and O–H groups in total. The van der Waals surface area contributed by atoms with Gasteiger partial charge in [0.05, 0.1) is 12.8 Å². The summed E-state index contributed by atoms with van der Waals surface area (Å²) in [5.41, 5.74) is 2.92. The van der Waals surface area contributed by atoms with E-state index in [2.05, 4.69) is 22.6 Å². The Morgan fingerprint density at radius 2 is 2.13 bits per heavy atom. The Morgan fingerprint density at radius 1 is 1.30 bits per heavy atom. The fourth-order valence-corrected chi connectivity index (χ4v) is 5.25. The van der Waals surface area contributed by atoms with E-state index >= 15 is 0 Å². The maximum Gasteiger partial charge on any atom is 0.275 e. The summed E-state index contributed by atoms with van der Waals surface area (Å²) >= 11 is 1.16. The number of hydrogen-bond acceptors (Lipinski definition) is 5. The van der Waals surface area contributed by atoms with Gasteiger partial charge in [-0.25, -0.2) is 8.42 Å². The molecule has 3 rings (SSSR count). The van der Waals surface area contributed by atoms with Gasteiger partial charge in [0.25, 0.3) is 10.0 Å². The molecule has 0 radical (unpaired) electrons. The predicted molar refractivity (Wildman–Crippen MR) is 92.5 cm³/mol. The molecule has 0 unspecified atom stereocenters. The quantitative estimate of drug-likeness (QED) is 0.867. The van der Waals surface area contributed by atoms with E-state index in [4.69, 9.17) is 4.74 Å². The first-order chi connectivity index (χ1) is 11.0. The largest absolute Gasteiger partial charge is 0.494 e. The topological polar surface area (TPSA) is 58.6 Å². The number of benzene rings is 1.